The molecule has 6 heteroatoms. The zero-order valence-corrected chi connectivity index (χ0v) is 10.3. The lowest BCUT2D eigenvalue weighted by Crippen LogP contribution is -2.01. The van der Waals surface area contributed by atoms with Crippen molar-refractivity contribution in [2.24, 2.45) is 0 Å². The lowest BCUT2D eigenvalue weighted by Gasteiger charge is -2.06. The summed E-state index contributed by atoms with van der Waals surface area (Å²) in [5.41, 5.74) is 1.82. The Morgan fingerprint density at radius 2 is 1.90 bits per heavy atom. The van der Waals surface area contributed by atoms with Crippen LogP contribution in [0.4, 0.5) is 18.9 Å². The number of anilines is 1. The minimum Gasteiger partial charge on any atom is -0.381 e. The van der Waals surface area contributed by atoms with Crippen molar-refractivity contribution in [3.8, 4) is 0 Å². The minimum atomic E-state index is -1.47. The Morgan fingerprint density at radius 1 is 1.15 bits per heavy atom. The Hall–Kier alpha value is -2.50. The van der Waals surface area contributed by atoms with E-state index in [0.29, 0.717) is 6.54 Å². The molecular formula is C14H10F3N3. The molecule has 0 atom stereocenters. The van der Waals surface area contributed by atoms with Crippen molar-refractivity contribution in [1.82, 2.24) is 9.97 Å². The van der Waals surface area contributed by atoms with Gasteiger partial charge < -0.3 is 10.3 Å². The molecule has 0 aliphatic carbocycles. The monoisotopic (exact) mass is 277 g/mol. The van der Waals surface area contributed by atoms with E-state index < -0.39 is 17.5 Å². The zero-order chi connectivity index (χ0) is 14.1. The van der Waals surface area contributed by atoms with Crippen molar-refractivity contribution in [2.45, 2.75) is 6.54 Å². The molecule has 2 N–H and O–H groups in total. The van der Waals surface area contributed by atoms with Crippen LogP contribution >= 0.6 is 0 Å². The van der Waals surface area contributed by atoms with Crippen molar-refractivity contribution in [1.29, 1.82) is 0 Å². The number of hydrogen-bond donors (Lipinski definition) is 2. The van der Waals surface area contributed by atoms with Crippen molar-refractivity contribution >= 4 is 16.7 Å². The summed E-state index contributed by atoms with van der Waals surface area (Å²) in [6.45, 7) is 0.343. The van der Waals surface area contributed by atoms with E-state index in [2.05, 4.69) is 15.3 Å². The highest BCUT2D eigenvalue weighted by Gasteiger charge is 2.11. The summed E-state index contributed by atoms with van der Waals surface area (Å²) in [4.78, 5) is 7.14. The highest BCUT2D eigenvalue weighted by atomic mass is 19.2. The summed E-state index contributed by atoms with van der Waals surface area (Å²) < 4.78 is 39.0. The van der Waals surface area contributed by atoms with Crippen molar-refractivity contribution in [3.05, 3.63) is 59.7 Å². The molecule has 0 aliphatic heterocycles. The molecule has 3 aromatic rings. The fourth-order valence-electron chi connectivity index (χ4n) is 2.01. The first-order chi connectivity index (χ1) is 9.65. The molecule has 0 bridgehead atoms. The molecule has 0 unspecified atom stereocenters. The molecule has 0 spiro atoms. The largest absolute Gasteiger partial charge is 0.381 e. The molecule has 0 fully saturated rings. The van der Waals surface area contributed by atoms with Crippen LogP contribution in [-0.4, -0.2) is 9.97 Å². The first-order valence-corrected chi connectivity index (χ1v) is 5.94. The van der Waals surface area contributed by atoms with E-state index in [-0.39, 0.29) is 5.69 Å². The summed E-state index contributed by atoms with van der Waals surface area (Å²) in [6.07, 6.45) is 3.43. The van der Waals surface area contributed by atoms with Gasteiger partial charge in [0, 0.05) is 42.1 Å². The number of aromatic nitrogens is 2. The van der Waals surface area contributed by atoms with Gasteiger partial charge in [0.2, 0.25) is 0 Å². The van der Waals surface area contributed by atoms with Crippen LogP contribution in [0.3, 0.4) is 0 Å². The number of H-pyrrole nitrogens is 1. The summed E-state index contributed by atoms with van der Waals surface area (Å²) >= 11 is 0. The van der Waals surface area contributed by atoms with Gasteiger partial charge in [0.25, 0.3) is 0 Å². The highest BCUT2D eigenvalue weighted by molar-refractivity contribution is 5.79. The van der Waals surface area contributed by atoms with Crippen molar-refractivity contribution in [3.63, 3.8) is 0 Å². The summed E-state index contributed by atoms with van der Waals surface area (Å²) in [7, 11) is 0. The van der Waals surface area contributed by atoms with E-state index >= 15 is 0 Å². The van der Waals surface area contributed by atoms with Crippen LogP contribution in [0.5, 0.6) is 0 Å². The first kappa shape index (κ1) is 12.5. The average Bonchev–Trinajstić information content (AvgIpc) is 2.85. The summed E-state index contributed by atoms with van der Waals surface area (Å²) in [6, 6.07) is 5.54. The molecule has 3 nitrogen and oxygen atoms in total. The fourth-order valence-corrected chi connectivity index (χ4v) is 2.01. The van der Waals surface area contributed by atoms with Gasteiger partial charge in [-0.1, -0.05) is 0 Å². The second-order valence-corrected chi connectivity index (χ2v) is 4.32. The number of fused-ring (bicyclic) bond motifs is 1. The average molecular weight is 277 g/mol. The zero-order valence-electron chi connectivity index (χ0n) is 10.3. The molecule has 3 rings (SSSR count). The predicted molar refractivity (Wildman–Crippen MR) is 69.7 cm³/mol. The van der Waals surface area contributed by atoms with Crippen LogP contribution in [0.1, 0.15) is 5.56 Å². The van der Waals surface area contributed by atoms with Crippen LogP contribution in [0, 0.1) is 17.5 Å². The molecule has 0 aliphatic rings. The standard InChI is InChI=1S/C14H10F3N3/c15-11-4-9(5-12(16)13(11)17)19-6-8-7-20-14-10(8)2-1-3-18-14/h1-5,7,19H,6H2,(H,18,20). The molecule has 20 heavy (non-hydrogen) atoms. The van der Waals surface area contributed by atoms with E-state index in [4.69, 9.17) is 0 Å². The second-order valence-electron chi connectivity index (χ2n) is 4.32. The molecule has 2 heterocycles. The molecule has 2 aromatic heterocycles. The van der Waals surface area contributed by atoms with Crippen LogP contribution in [0.25, 0.3) is 11.0 Å². The quantitative estimate of drug-likeness (QED) is 0.718. The van der Waals surface area contributed by atoms with E-state index in [1.807, 2.05) is 6.07 Å². The van der Waals surface area contributed by atoms with E-state index in [1.165, 1.54) is 0 Å². The third kappa shape index (κ3) is 2.20. The predicted octanol–water partition coefficient (Wildman–Crippen LogP) is 3.59. The lowest BCUT2D eigenvalue weighted by atomic mass is 10.2. The number of rotatable bonds is 3. The maximum absolute atomic E-state index is 13.1. The fraction of sp³-hybridized carbons (Fsp3) is 0.0714. The number of halogens is 3. The third-order valence-electron chi connectivity index (χ3n) is 3.00. The Balaban J connectivity index is 1.83. The number of hydrogen-bond acceptors (Lipinski definition) is 2. The van der Waals surface area contributed by atoms with Crippen LogP contribution in [-0.2, 0) is 6.54 Å². The molecule has 102 valence electrons. The van der Waals surface area contributed by atoms with Gasteiger partial charge in [-0.3, -0.25) is 0 Å². The number of nitrogens with one attached hydrogen (secondary N) is 2. The Kier molecular flexibility index (Phi) is 3.06. The van der Waals surface area contributed by atoms with Gasteiger partial charge in [-0.25, -0.2) is 18.2 Å². The molecule has 0 amide bonds. The van der Waals surface area contributed by atoms with Gasteiger partial charge in [-0.2, -0.15) is 0 Å². The molecule has 0 radical (unpaired) electrons. The van der Waals surface area contributed by atoms with E-state index in [1.54, 1.807) is 18.5 Å². The third-order valence-corrected chi connectivity index (χ3v) is 3.00. The van der Waals surface area contributed by atoms with Gasteiger partial charge in [0.1, 0.15) is 5.65 Å². The maximum Gasteiger partial charge on any atom is 0.194 e. The van der Waals surface area contributed by atoms with Gasteiger partial charge in [-0.15, -0.1) is 0 Å². The normalized spacial score (nSPS) is 10.9. The Bertz CT molecular complexity index is 744. The van der Waals surface area contributed by atoms with Gasteiger partial charge in [0.15, 0.2) is 17.5 Å². The van der Waals surface area contributed by atoms with Crippen LogP contribution in [0.15, 0.2) is 36.7 Å². The van der Waals surface area contributed by atoms with Gasteiger partial charge in [-0.05, 0) is 17.7 Å². The van der Waals surface area contributed by atoms with Gasteiger partial charge >= 0.3 is 0 Å². The molecule has 0 saturated carbocycles. The van der Waals surface area contributed by atoms with E-state index in [9.17, 15) is 13.2 Å². The molecular weight excluding hydrogens is 267 g/mol. The lowest BCUT2D eigenvalue weighted by molar-refractivity contribution is 0.447. The number of aromatic amines is 1. The van der Waals surface area contributed by atoms with Crippen molar-refractivity contribution < 1.29 is 13.2 Å². The van der Waals surface area contributed by atoms with Crippen molar-refractivity contribution in [2.75, 3.05) is 5.32 Å². The number of benzene rings is 1. The first-order valence-electron chi connectivity index (χ1n) is 5.94. The SMILES string of the molecule is Fc1cc(NCc2c[nH]c3ncccc23)cc(F)c1F. The highest BCUT2D eigenvalue weighted by Crippen LogP contribution is 2.20. The number of pyridine rings is 1. The summed E-state index contributed by atoms with van der Waals surface area (Å²) in [5.74, 6) is -3.90. The maximum atomic E-state index is 13.1. The van der Waals surface area contributed by atoms with E-state index in [0.717, 1.165) is 28.7 Å². The van der Waals surface area contributed by atoms with Crippen LogP contribution < -0.4 is 5.32 Å². The Labute approximate surface area is 112 Å². The second kappa shape index (κ2) is 4.88. The number of nitrogens with zero attached hydrogens (tertiary/aromatic N) is 1. The smallest absolute Gasteiger partial charge is 0.194 e. The molecule has 1 aromatic carbocycles. The van der Waals surface area contributed by atoms with Gasteiger partial charge in [0.05, 0.1) is 0 Å². The van der Waals surface area contributed by atoms with Crippen LogP contribution in [0.2, 0.25) is 0 Å². The Morgan fingerprint density at radius 3 is 2.65 bits per heavy atom. The molecule has 0 saturated heterocycles. The summed E-state index contributed by atoms with van der Waals surface area (Å²) in [5, 5.41) is 3.77. The minimum absolute atomic E-state index is 0.180. The topological polar surface area (TPSA) is 40.7 Å².